The fourth-order valence-corrected chi connectivity index (χ4v) is 3.68. The molecule has 1 fully saturated rings. The number of carbonyl (C=O) groups is 2. The van der Waals surface area contributed by atoms with E-state index in [1.165, 1.54) is 10.9 Å². The zero-order chi connectivity index (χ0) is 22.8. The Labute approximate surface area is 182 Å². The molecule has 0 aliphatic heterocycles. The van der Waals surface area contributed by atoms with E-state index in [9.17, 15) is 9.59 Å². The molecule has 10 heteroatoms. The van der Waals surface area contributed by atoms with Crippen LogP contribution in [0.3, 0.4) is 0 Å². The third-order valence-electron chi connectivity index (χ3n) is 5.61. The minimum absolute atomic E-state index is 0.0907. The Morgan fingerprint density at radius 1 is 1.32 bits per heavy atom. The number of hydrogen-bond acceptors (Lipinski definition) is 6. The van der Waals surface area contributed by atoms with Gasteiger partial charge in [0.1, 0.15) is 17.6 Å². The second-order valence-corrected chi connectivity index (χ2v) is 9.22. The number of alkyl carbamates (subject to hydrolysis) is 1. The molecule has 0 radical (unpaired) electrons. The van der Waals surface area contributed by atoms with Gasteiger partial charge in [0, 0.05) is 25.1 Å². The molecule has 0 spiro atoms. The predicted molar refractivity (Wildman–Crippen MR) is 116 cm³/mol. The van der Waals surface area contributed by atoms with Gasteiger partial charge < -0.3 is 15.4 Å². The van der Waals surface area contributed by atoms with Gasteiger partial charge in [0.05, 0.1) is 17.4 Å². The minimum Gasteiger partial charge on any atom is -0.446 e. The molecular weight excluding hydrogens is 398 g/mol. The number of aromatic nitrogens is 5. The molecule has 170 valence electrons. The predicted octanol–water partition coefficient (Wildman–Crippen LogP) is 3.18. The number of anilines is 1. The molecule has 0 saturated heterocycles. The average Bonchev–Trinajstić information content (AvgIpc) is 3.40. The first kappa shape index (κ1) is 22.8. The van der Waals surface area contributed by atoms with E-state index in [0.29, 0.717) is 17.9 Å². The molecule has 31 heavy (non-hydrogen) atoms. The highest BCUT2D eigenvalue weighted by Gasteiger charge is 2.32. The van der Waals surface area contributed by atoms with Gasteiger partial charge in [-0.3, -0.25) is 4.79 Å². The third-order valence-corrected chi connectivity index (χ3v) is 5.61. The maximum atomic E-state index is 12.7. The largest absolute Gasteiger partial charge is 0.446 e. The molecular formula is C21H33N7O3. The first-order chi connectivity index (χ1) is 14.6. The standard InChI is InChI=1S/C21H33N7O3/c1-7-13(2)23-20(30)31-15-9-8-14(10-15)16-11-18(28(25-16)21(3,4)5)24-19(29)17-12-22-26-27(17)6/h11-15H,7-10H2,1-6H3,(H,23,30)(H,24,29)/t13-,14-,15+/m0/s1. The Morgan fingerprint density at radius 3 is 2.68 bits per heavy atom. The van der Waals surface area contributed by atoms with Gasteiger partial charge in [-0.05, 0) is 53.4 Å². The van der Waals surface area contributed by atoms with Crippen LogP contribution in [0.4, 0.5) is 10.6 Å². The van der Waals surface area contributed by atoms with E-state index >= 15 is 0 Å². The maximum Gasteiger partial charge on any atom is 0.407 e. The van der Waals surface area contributed by atoms with Crippen LogP contribution < -0.4 is 10.6 Å². The van der Waals surface area contributed by atoms with Crippen LogP contribution in [0.15, 0.2) is 12.3 Å². The SMILES string of the molecule is CC[C@H](C)NC(=O)O[C@@H]1CC[C@H](c2cc(NC(=O)c3cnnn3C)n(C(C)(C)C)n2)C1. The van der Waals surface area contributed by atoms with Crippen molar-refractivity contribution >= 4 is 17.8 Å². The van der Waals surface area contributed by atoms with Crippen LogP contribution in [0, 0.1) is 0 Å². The number of amides is 2. The van der Waals surface area contributed by atoms with Crippen LogP contribution in [0.25, 0.3) is 0 Å². The summed E-state index contributed by atoms with van der Waals surface area (Å²) in [5.74, 6) is 0.491. The fraction of sp³-hybridized carbons (Fsp3) is 0.667. The highest BCUT2D eigenvalue weighted by Crippen LogP contribution is 2.37. The highest BCUT2D eigenvalue weighted by atomic mass is 16.6. The number of carbonyl (C=O) groups excluding carboxylic acids is 2. The zero-order valence-electron chi connectivity index (χ0n) is 19.2. The molecule has 0 aromatic carbocycles. The van der Waals surface area contributed by atoms with Crippen molar-refractivity contribution in [1.29, 1.82) is 0 Å². The second kappa shape index (κ2) is 9.07. The molecule has 3 rings (SSSR count). The summed E-state index contributed by atoms with van der Waals surface area (Å²) in [6.07, 6.45) is 4.18. The lowest BCUT2D eigenvalue weighted by Gasteiger charge is -2.22. The van der Waals surface area contributed by atoms with Crippen LogP contribution in [0.2, 0.25) is 0 Å². The van der Waals surface area contributed by atoms with E-state index in [0.717, 1.165) is 25.0 Å². The Hall–Kier alpha value is -2.91. The van der Waals surface area contributed by atoms with E-state index in [-0.39, 0.29) is 35.6 Å². The molecule has 3 atom stereocenters. The Bertz CT molecular complexity index is 928. The van der Waals surface area contributed by atoms with Gasteiger partial charge in [-0.15, -0.1) is 5.10 Å². The van der Waals surface area contributed by atoms with Crippen molar-refractivity contribution < 1.29 is 14.3 Å². The number of hydrogen-bond donors (Lipinski definition) is 2. The lowest BCUT2D eigenvalue weighted by molar-refractivity contribution is 0.0972. The van der Waals surface area contributed by atoms with Crippen molar-refractivity contribution in [2.45, 2.75) is 83.9 Å². The van der Waals surface area contributed by atoms with Gasteiger partial charge in [0.15, 0.2) is 0 Å². The molecule has 1 aliphatic carbocycles. The van der Waals surface area contributed by atoms with Crippen molar-refractivity contribution in [3.8, 4) is 0 Å². The van der Waals surface area contributed by atoms with Crippen LogP contribution in [0.5, 0.6) is 0 Å². The number of nitrogens with zero attached hydrogens (tertiary/aromatic N) is 5. The molecule has 2 heterocycles. The number of rotatable bonds is 6. The zero-order valence-corrected chi connectivity index (χ0v) is 19.2. The van der Waals surface area contributed by atoms with Crippen molar-refractivity contribution in [3.05, 3.63) is 23.7 Å². The summed E-state index contributed by atoms with van der Waals surface area (Å²) in [6, 6.07) is 2.01. The summed E-state index contributed by atoms with van der Waals surface area (Å²) >= 11 is 0. The Balaban J connectivity index is 1.72. The van der Waals surface area contributed by atoms with Crippen molar-refractivity contribution in [2.75, 3.05) is 5.32 Å². The molecule has 2 amide bonds. The molecule has 1 aliphatic rings. The van der Waals surface area contributed by atoms with Crippen LogP contribution in [-0.2, 0) is 17.3 Å². The van der Waals surface area contributed by atoms with E-state index in [1.807, 2.05) is 45.4 Å². The summed E-state index contributed by atoms with van der Waals surface area (Å²) in [7, 11) is 1.67. The van der Waals surface area contributed by atoms with E-state index in [2.05, 4.69) is 20.9 Å². The van der Waals surface area contributed by atoms with Gasteiger partial charge in [0.2, 0.25) is 0 Å². The van der Waals surface area contributed by atoms with Gasteiger partial charge >= 0.3 is 6.09 Å². The lowest BCUT2D eigenvalue weighted by atomic mass is 10.0. The van der Waals surface area contributed by atoms with E-state index in [4.69, 9.17) is 9.84 Å². The molecule has 10 nitrogen and oxygen atoms in total. The highest BCUT2D eigenvalue weighted by molar-refractivity contribution is 6.02. The first-order valence-corrected chi connectivity index (χ1v) is 10.8. The van der Waals surface area contributed by atoms with Crippen molar-refractivity contribution in [3.63, 3.8) is 0 Å². The molecule has 2 aromatic rings. The van der Waals surface area contributed by atoms with Gasteiger partial charge in [0.25, 0.3) is 5.91 Å². The van der Waals surface area contributed by atoms with Gasteiger partial charge in [-0.2, -0.15) is 5.10 Å². The van der Waals surface area contributed by atoms with Crippen LogP contribution in [-0.4, -0.2) is 48.9 Å². The summed E-state index contributed by atoms with van der Waals surface area (Å²) in [4.78, 5) is 24.7. The molecule has 0 unspecified atom stereocenters. The number of aryl methyl sites for hydroxylation is 1. The van der Waals surface area contributed by atoms with Crippen molar-refractivity contribution in [2.24, 2.45) is 7.05 Å². The third kappa shape index (κ3) is 5.42. The topological polar surface area (TPSA) is 116 Å². The van der Waals surface area contributed by atoms with Gasteiger partial charge in [-0.1, -0.05) is 12.1 Å². The van der Waals surface area contributed by atoms with Crippen LogP contribution in [0.1, 0.15) is 82.4 Å². The Kier molecular flexibility index (Phi) is 6.66. The van der Waals surface area contributed by atoms with Crippen molar-refractivity contribution in [1.82, 2.24) is 30.1 Å². The fourth-order valence-electron chi connectivity index (χ4n) is 3.68. The smallest absolute Gasteiger partial charge is 0.407 e. The molecule has 2 N–H and O–H groups in total. The summed E-state index contributed by atoms with van der Waals surface area (Å²) < 4.78 is 8.85. The number of nitrogens with one attached hydrogen (secondary N) is 2. The summed E-state index contributed by atoms with van der Waals surface area (Å²) in [6.45, 7) is 10.1. The molecule has 0 bridgehead atoms. The van der Waals surface area contributed by atoms with E-state index < -0.39 is 0 Å². The minimum atomic E-state index is -0.363. The number of ether oxygens (including phenoxy) is 1. The molecule has 1 saturated carbocycles. The van der Waals surface area contributed by atoms with Crippen LogP contribution >= 0.6 is 0 Å². The molecule has 2 aromatic heterocycles. The monoisotopic (exact) mass is 431 g/mol. The van der Waals surface area contributed by atoms with E-state index in [1.54, 1.807) is 7.05 Å². The lowest BCUT2D eigenvalue weighted by Crippen LogP contribution is -2.34. The average molecular weight is 432 g/mol. The maximum absolute atomic E-state index is 12.7. The summed E-state index contributed by atoms with van der Waals surface area (Å²) in [5, 5.41) is 18.2. The van der Waals surface area contributed by atoms with Gasteiger partial charge in [-0.25, -0.2) is 14.2 Å². The second-order valence-electron chi connectivity index (χ2n) is 9.22. The summed E-state index contributed by atoms with van der Waals surface area (Å²) in [5.41, 5.74) is 0.933. The normalized spacial score (nSPS) is 19.8. The quantitative estimate of drug-likeness (QED) is 0.726. The Morgan fingerprint density at radius 2 is 2.06 bits per heavy atom. The first-order valence-electron chi connectivity index (χ1n) is 10.8.